The number of amides is 3. The fourth-order valence-corrected chi connectivity index (χ4v) is 4.62. The van der Waals surface area contributed by atoms with E-state index in [1.54, 1.807) is 38.1 Å². The molecule has 0 spiro atoms. The molecule has 9 nitrogen and oxygen atoms in total. The molecule has 1 aliphatic heterocycles. The molecule has 2 aromatic rings. The van der Waals surface area contributed by atoms with Crippen LogP contribution in [0.3, 0.4) is 0 Å². The van der Waals surface area contributed by atoms with Gasteiger partial charge in [0.15, 0.2) is 11.5 Å². The van der Waals surface area contributed by atoms with Gasteiger partial charge in [0.2, 0.25) is 5.91 Å². The Labute approximate surface area is 192 Å². The fourth-order valence-electron chi connectivity index (χ4n) is 3.70. The number of anilines is 1. The van der Waals surface area contributed by atoms with Crippen LogP contribution in [0.5, 0.6) is 11.5 Å². The van der Waals surface area contributed by atoms with Gasteiger partial charge in [-0.1, -0.05) is 19.1 Å². The molecule has 33 heavy (non-hydrogen) atoms. The molecule has 1 unspecified atom stereocenters. The van der Waals surface area contributed by atoms with Gasteiger partial charge in [-0.3, -0.25) is 19.3 Å². The summed E-state index contributed by atoms with van der Waals surface area (Å²) in [4.78, 5) is 39.6. The second-order valence-electron chi connectivity index (χ2n) is 7.56. The van der Waals surface area contributed by atoms with Crippen LogP contribution in [0, 0.1) is 0 Å². The van der Waals surface area contributed by atoms with E-state index in [4.69, 9.17) is 9.47 Å². The second kappa shape index (κ2) is 9.62. The molecule has 0 radical (unpaired) electrons. The third-order valence-electron chi connectivity index (χ3n) is 5.19. The molecule has 0 fully saturated rings. The predicted molar refractivity (Wildman–Crippen MR) is 122 cm³/mol. The van der Waals surface area contributed by atoms with Crippen LogP contribution in [-0.2, 0) is 14.6 Å². The Morgan fingerprint density at radius 2 is 1.82 bits per heavy atom. The molecule has 0 bridgehead atoms. The van der Waals surface area contributed by atoms with Crippen LogP contribution in [-0.4, -0.2) is 56.8 Å². The number of carbonyl (C=O) groups is 3. The maximum absolute atomic E-state index is 13.4. The average molecular weight is 475 g/mol. The van der Waals surface area contributed by atoms with E-state index < -0.39 is 33.4 Å². The van der Waals surface area contributed by atoms with E-state index in [2.05, 4.69) is 5.32 Å². The van der Waals surface area contributed by atoms with E-state index in [1.165, 1.54) is 19.2 Å². The molecule has 1 atom stereocenters. The summed E-state index contributed by atoms with van der Waals surface area (Å²) in [6.45, 7) is 3.79. The number of carbonyl (C=O) groups excluding carboxylic acids is 3. The molecule has 0 saturated heterocycles. The minimum atomic E-state index is -3.60. The third-order valence-corrected chi connectivity index (χ3v) is 6.11. The van der Waals surface area contributed by atoms with Crippen molar-refractivity contribution in [1.82, 2.24) is 4.90 Å². The van der Waals surface area contributed by atoms with E-state index in [-0.39, 0.29) is 29.1 Å². The van der Waals surface area contributed by atoms with E-state index in [1.807, 2.05) is 0 Å². The molecule has 1 N–H and O–H groups in total. The quantitative estimate of drug-likeness (QED) is 0.555. The van der Waals surface area contributed by atoms with Crippen LogP contribution < -0.4 is 14.8 Å². The van der Waals surface area contributed by atoms with Gasteiger partial charge in [-0.05, 0) is 36.8 Å². The van der Waals surface area contributed by atoms with Gasteiger partial charge in [0, 0.05) is 12.7 Å². The Hall–Kier alpha value is -3.40. The first-order valence-corrected chi connectivity index (χ1v) is 12.5. The number of rotatable bonds is 9. The number of nitrogens with one attached hydrogen (secondary N) is 1. The fraction of sp³-hybridized carbons (Fsp3) is 0.348. The summed E-state index contributed by atoms with van der Waals surface area (Å²) in [7, 11) is -2.13. The number of imide groups is 1. The van der Waals surface area contributed by atoms with Crippen molar-refractivity contribution >= 4 is 33.2 Å². The summed E-state index contributed by atoms with van der Waals surface area (Å²) < 4.78 is 35.4. The Morgan fingerprint density at radius 3 is 2.42 bits per heavy atom. The summed E-state index contributed by atoms with van der Waals surface area (Å²) >= 11 is 0. The molecule has 176 valence electrons. The first kappa shape index (κ1) is 24.2. The first-order valence-electron chi connectivity index (χ1n) is 10.4. The first-order chi connectivity index (χ1) is 15.6. The van der Waals surface area contributed by atoms with Crippen molar-refractivity contribution in [1.29, 1.82) is 0 Å². The standard InChI is InChI=1S/C23H26N2O7S/c1-5-20(26)24-16-9-7-8-15-21(16)23(28)25(22(15)27)17(13-33(4,29)30)14-10-11-18(31-3)19(12-14)32-6-2/h7-12,17H,5-6,13H2,1-4H3,(H,24,26). The Kier molecular flexibility index (Phi) is 7.06. The summed E-state index contributed by atoms with van der Waals surface area (Å²) in [6.07, 6.45) is 1.23. The average Bonchev–Trinajstić information content (AvgIpc) is 3.02. The predicted octanol–water partition coefficient (Wildman–Crippen LogP) is 2.82. The Bertz CT molecular complexity index is 1210. The molecular formula is C23H26N2O7S. The van der Waals surface area contributed by atoms with Crippen molar-refractivity contribution in [2.24, 2.45) is 0 Å². The molecule has 3 amide bonds. The van der Waals surface area contributed by atoms with Crippen molar-refractivity contribution in [2.45, 2.75) is 26.3 Å². The van der Waals surface area contributed by atoms with Crippen LogP contribution in [0.1, 0.15) is 52.6 Å². The number of fused-ring (bicyclic) bond motifs is 1. The van der Waals surface area contributed by atoms with Gasteiger partial charge in [-0.2, -0.15) is 0 Å². The highest BCUT2D eigenvalue weighted by Gasteiger charge is 2.43. The zero-order valence-corrected chi connectivity index (χ0v) is 19.7. The van der Waals surface area contributed by atoms with E-state index in [0.29, 0.717) is 23.7 Å². The van der Waals surface area contributed by atoms with Crippen LogP contribution in [0.4, 0.5) is 5.69 Å². The number of hydrogen-bond acceptors (Lipinski definition) is 7. The third kappa shape index (κ3) is 5.00. The van der Waals surface area contributed by atoms with Gasteiger partial charge >= 0.3 is 0 Å². The number of hydrogen-bond donors (Lipinski definition) is 1. The number of benzene rings is 2. The van der Waals surface area contributed by atoms with Crippen molar-refractivity contribution in [3.63, 3.8) is 0 Å². The van der Waals surface area contributed by atoms with Crippen molar-refractivity contribution in [2.75, 3.05) is 31.0 Å². The van der Waals surface area contributed by atoms with Gasteiger partial charge in [0.25, 0.3) is 11.8 Å². The van der Waals surface area contributed by atoms with Gasteiger partial charge in [-0.15, -0.1) is 0 Å². The molecule has 0 saturated carbocycles. The number of sulfone groups is 1. The Morgan fingerprint density at radius 1 is 1.09 bits per heavy atom. The molecule has 10 heteroatoms. The SMILES string of the molecule is CCOc1cc(C(CS(C)(=O)=O)N2C(=O)c3cccc(NC(=O)CC)c3C2=O)ccc1OC. The Balaban J connectivity index is 2.12. The molecule has 2 aromatic carbocycles. The van der Waals surface area contributed by atoms with E-state index in [9.17, 15) is 22.8 Å². The number of methoxy groups -OCH3 is 1. The lowest BCUT2D eigenvalue weighted by Crippen LogP contribution is -2.37. The summed E-state index contributed by atoms with van der Waals surface area (Å²) in [5, 5.41) is 2.64. The zero-order valence-electron chi connectivity index (χ0n) is 18.9. The van der Waals surface area contributed by atoms with Crippen LogP contribution in [0.25, 0.3) is 0 Å². The number of nitrogens with zero attached hydrogens (tertiary/aromatic N) is 1. The minimum Gasteiger partial charge on any atom is -0.493 e. The molecule has 1 heterocycles. The van der Waals surface area contributed by atoms with Crippen molar-refractivity contribution < 1.29 is 32.3 Å². The van der Waals surface area contributed by atoms with Gasteiger partial charge in [0.1, 0.15) is 9.84 Å². The minimum absolute atomic E-state index is 0.0429. The van der Waals surface area contributed by atoms with Gasteiger partial charge in [-0.25, -0.2) is 8.42 Å². The maximum Gasteiger partial charge on any atom is 0.264 e. The topological polar surface area (TPSA) is 119 Å². The lowest BCUT2D eigenvalue weighted by molar-refractivity contribution is -0.115. The highest BCUT2D eigenvalue weighted by molar-refractivity contribution is 7.90. The largest absolute Gasteiger partial charge is 0.493 e. The summed E-state index contributed by atoms with van der Waals surface area (Å²) in [5.74, 6) is -1.30. The van der Waals surface area contributed by atoms with Crippen LogP contribution in [0.2, 0.25) is 0 Å². The van der Waals surface area contributed by atoms with E-state index >= 15 is 0 Å². The second-order valence-corrected chi connectivity index (χ2v) is 9.75. The van der Waals surface area contributed by atoms with Crippen molar-refractivity contribution in [3.8, 4) is 11.5 Å². The van der Waals surface area contributed by atoms with Gasteiger partial charge < -0.3 is 14.8 Å². The van der Waals surface area contributed by atoms with Crippen molar-refractivity contribution in [3.05, 3.63) is 53.1 Å². The maximum atomic E-state index is 13.4. The van der Waals surface area contributed by atoms with Gasteiger partial charge in [0.05, 0.1) is 42.3 Å². The smallest absolute Gasteiger partial charge is 0.264 e. The van der Waals surface area contributed by atoms with E-state index in [0.717, 1.165) is 11.2 Å². The monoisotopic (exact) mass is 474 g/mol. The highest BCUT2D eigenvalue weighted by atomic mass is 32.2. The lowest BCUT2D eigenvalue weighted by Gasteiger charge is -2.27. The zero-order chi connectivity index (χ0) is 24.3. The highest BCUT2D eigenvalue weighted by Crippen LogP contribution is 2.38. The van der Waals surface area contributed by atoms with Crippen LogP contribution in [0.15, 0.2) is 36.4 Å². The molecule has 3 rings (SSSR count). The number of ether oxygens (including phenoxy) is 2. The van der Waals surface area contributed by atoms with Crippen LogP contribution >= 0.6 is 0 Å². The summed E-state index contributed by atoms with van der Waals surface area (Å²) in [6, 6.07) is 8.24. The molecule has 0 aliphatic carbocycles. The molecular weight excluding hydrogens is 448 g/mol. The normalized spacial score (nSPS) is 14.1. The lowest BCUT2D eigenvalue weighted by atomic mass is 10.1. The molecule has 1 aliphatic rings. The molecule has 0 aromatic heterocycles. The summed E-state index contributed by atoms with van der Waals surface area (Å²) in [5.41, 5.74) is 0.758.